The molecule has 0 fully saturated rings. The molecule has 0 aliphatic carbocycles. The summed E-state index contributed by atoms with van der Waals surface area (Å²) in [5.74, 6) is -0.544. The van der Waals surface area contributed by atoms with Gasteiger partial charge < -0.3 is 16.0 Å². The third kappa shape index (κ3) is 7.67. The summed E-state index contributed by atoms with van der Waals surface area (Å²) in [6, 6.07) is 16.6. The summed E-state index contributed by atoms with van der Waals surface area (Å²) in [6.07, 6.45) is 9.30. The number of anilines is 1. The second-order valence-corrected chi connectivity index (χ2v) is 11.9. The zero-order chi connectivity index (χ0) is 32.8. The van der Waals surface area contributed by atoms with E-state index in [-0.39, 0.29) is 35.1 Å². The molecule has 0 spiro atoms. The van der Waals surface area contributed by atoms with Gasteiger partial charge in [0.2, 0.25) is 5.91 Å². The molecule has 3 aromatic heterocycles. The molecule has 1 aliphatic rings. The molecule has 47 heavy (non-hydrogen) atoms. The molecule has 0 unspecified atom stereocenters. The highest BCUT2D eigenvalue weighted by atomic mass is 35.5. The number of carbonyl (C=O) groups is 2. The number of rotatable bonds is 6. The van der Waals surface area contributed by atoms with Crippen molar-refractivity contribution in [3.8, 4) is 16.9 Å². The number of nitrogens with zero attached hydrogens (tertiary/aromatic N) is 6. The van der Waals surface area contributed by atoms with E-state index < -0.39 is 6.04 Å². The predicted octanol–water partition coefficient (Wildman–Crippen LogP) is 4.68. The molecule has 0 radical (unpaired) electrons. The fraction of sp³-hybridized carbons (Fsp3) is 0.242. The van der Waals surface area contributed by atoms with E-state index in [2.05, 4.69) is 36.2 Å². The van der Waals surface area contributed by atoms with Gasteiger partial charge in [-0.1, -0.05) is 53.4 Å². The van der Waals surface area contributed by atoms with Crippen molar-refractivity contribution in [3.05, 3.63) is 117 Å². The zero-order valence-corrected chi connectivity index (χ0v) is 26.7. The van der Waals surface area contributed by atoms with Crippen LogP contribution in [-0.4, -0.2) is 60.5 Å². The lowest BCUT2D eigenvalue weighted by atomic mass is 9.99. The molecule has 6 rings (SSSR count). The van der Waals surface area contributed by atoms with Crippen molar-refractivity contribution in [2.24, 2.45) is 0 Å². The monoisotopic (exact) mass is 671 g/mol. The van der Waals surface area contributed by atoms with E-state index in [1.807, 2.05) is 24.3 Å². The quantitative estimate of drug-likeness (QED) is 0.236. The smallest absolute Gasteiger partial charge is 0.254 e. The van der Waals surface area contributed by atoms with Gasteiger partial charge in [-0.05, 0) is 60.9 Å². The second-order valence-electron chi connectivity index (χ2n) is 11.1. The largest absolute Gasteiger partial charge is 0.372 e. The molecule has 5 aromatic rings. The number of hydrogen-bond donors (Lipinski definition) is 3. The standard InChI is InChI=1S/C33H31Cl2N9O3/c34-23-10-11-29(44-19-30(35)41-42-44)25(15-23)26-16-31(45)43(20-39-26)28-9-2-1-3-13-37-33(47)27(40-24-8-4-6-21(28)14-24)18-38-32(46)22-7-5-12-36-17-22/h4-8,10-12,14-17,19-20,27-28,40H,1-3,9,13,18H2,(H,37,47)(H,38,46)/t27-,28+/m1/s1. The molecular formula is C33H31Cl2N9O3. The molecule has 12 nitrogen and oxygen atoms in total. The highest BCUT2D eigenvalue weighted by molar-refractivity contribution is 6.31. The lowest BCUT2D eigenvalue weighted by molar-refractivity contribution is -0.121. The van der Waals surface area contributed by atoms with Gasteiger partial charge in [-0.2, -0.15) is 0 Å². The summed E-state index contributed by atoms with van der Waals surface area (Å²) in [4.78, 5) is 48.3. The lowest BCUT2D eigenvalue weighted by Crippen LogP contribution is -2.47. The summed E-state index contributed by atoms with van der Waals surface area (Å²) in [5.41, 5.74) is 3.37. The Labute approximate surface area is 280 Å². The number of carbonyl (C=O) groups excluding carboxylic acids is 2. The number of hydrogen-bond acceptors (Lipinski definition) is 8. The van der Waals surface area contributed by atoms with Crippen LogP contribution in [0, 0.1) is 0 Å². The maximum Gasteiger partial charge on any atom is 0.254 e. The van der Waals surface area contributed by atoms with Gasteiger partial charge in [0.15, 0.2) is 5.15 Å². The molecule has 2 atom stereocenters. The maximum atomic E-state index is 13.8. The van der Waals surface area contributed by atoms with Gasteiger partial charge in [0.05, 0.1) is 35.5 Å². The SMILES string of the molecule is O=C(NC[C@H]1Nc2cccc(c2)[C@@H](n2cnc(-c3cc(Cl)ccc3-n3cc(Cl)nn3)cc2=O)CCCCCNC1=O)c1cccnc1. The Balaban J connectivity index is 1.29. The lowest BCUT2D eigenvalue weighted by Gasteiger charge is -2.23. The molecule has 1 aliphatic heterocycles. The predicted molar refractivity (Wildman–Crippen MR) is 179 cm³/mol. The first kappa shape index (κ1) is 31.9. The molecule has 2 amide bonds. The Morgan fingerprint density at radius 1 is 1.02 bits per heavy atom. The van der Waals surface area contributed by atoms with Gasteiger partial charge in [-0.3, -0.25) is 23.9 Å². The minimum Gasteiger partial charge on any atom is -0.372 e. The minimum absolute atomic E-state index is 0.0599. The normalized spacial score (nSPS) is 16.9. The van der Waals surface area contributed by atoms with Gasteiger partial charge >= 0.3 is 0 Å². The van der Waals surface area contributed by atoms with Crippen LogP contribution in [-0.2, 0) is 4.79 Å². The number of amides is 2. The third-order valence-electron chi connectivity index (χ3n) is 7.89. The van der Waals surface area contributed by atoms with Crippen molar-refractivity contribution < 1.29 is 9.59 Å². The van der Waals surface area contributed by atoms with Crippen molar-refractivity contribution in [2.75, 3.05) is 18.4 Å². The van der Waals surface area contributed by atoms with Crippen LogP contribution in [0.3, 0.4) is 0 Å². The Bertz CT molecular complexity index is 1950. The van der Waals surface area contributed by atoms with E-state index in [0.29, 0.717) is 46.2 Å². The fourth-order valence-corrected chi connectivity index (χ4v) is 5.84. The average Bonchev–Trinajstić information content (AvgIpc) is 3.52. The van der Waals surface area contributed by atoms with Crippen LogP contribution in [0.15, 0.2) is 90.4 Å². The zero-order valence-electron chi connectivity index (χ0n) is 25.1. The summed E-state index contributed by atoms with van der Waals surface area (Å²) >= 11 is 12.3. The topological polar surface area (TPSA) is 149 Å². The van der Waals surface area contributed by atoms with E-state index in [1.165, 1.54) is 16.9 Å². The van der Waals surface area contributed by atoms with Crippen molar-refractivity contribution in [1.82, 2.24) is 40.2 Å². The van der Waals surface area contributed by atoms with Crippen LogP contribution in [0.5, 0.6) is 0 Å². The van der Waals surface area contributed by atoms with Gasteiger partial charge in [-0.15, -0.1) is 5.10 Å². The number of halogens is 2. The summed E-state index contributed by atoms with van der Waals surface area (Å²) in [6.45, 7) is 0.551. The summed E-state index contributed by atoms with van der Waals surface area (Å²) < 4.78 is 3.14. The second kappa shape index (κ2) is 14.6. The number of fused-ring (bicyclic) bond motifs is 2. The summed E-state index contributed by atoms with van der Waals surface area (Å²) in [7, 11) is 0. The van der Waals surface area contributed by atoms with E-state index >= 15 is 0 Å². The third-order valence-corrected chi connectivity index (χ3v) is 8.30. The van der Waals surface area contributed by atoms with Gasteiger partial charge in [0.25, 0.3) is 11.5 Å². The first-order chi connectivity index (χ1) is 22.9. The number of benzene rings is 2. The molecule has 0 saturated heterocycles. The Morgan fingerprint density at radius 3 is 2.70 bits per heavy atom. The molecule has 3 N–H and O–H groups in total. The van der Waals surface area contributed by atoms with E-state index in [1.54, 1.807) is 53.6 Å². The number of aromatic nitrogens is 6. The minimum atomic E-state index is -0.736. The van der Waals surface area contributed by atoms with Crippen LogP contribution in [0.25, 0.3) is 16.9 Å². The molecule has 240 valence electrons. The Morgan fingerprint density at radius 2 is 1.91 bits per heavy atom. The molecule has 0 saturated carbocycles. The van der Waals surface area contributed by atoms with Crippen molar-refractivity contribution in [1.29, 1.82) is 0 Å². The highest BCUT2D eigenvalue weighted by Crippen LogP contribution is 2.30. The van der Waals surface area contributed by atoms with Crippen LogP contribution in [0.1, 0.15) is 47.6 Å². The highest BCUT2D eigenvalue weighted by Gasteiger charge is 2.22. The molecular weight excluding hydrogens is 641 g/mol. The van der Waals surface area contributed by atoms with E-state index in [9.17, 15) is 14.4 Å². The number of nitrogens with one attached hydrogen (secondary N) is 3. The molecule has 4 heterocycles. The fourth-order valence-electron chi connectivity index (χ4n) is 5.55. The number of pyridine rings is 1. The maximum absolute atomic E-state index is 13.8. The molecule has 2 aromatic carbocycles. The Kier molecular flexibility index (Phi) is 9.89. The molecule has 14 heteroatoms. The van der Waals surface area contributed by atoms with Crippen LogP contribution in [0.2, 0.25) is 10.2 Å². The first-order valence-corrected chi connectivity index (χ1v) is 15.9. The van der Waals surface area contributed by atoms with Crippen LogP contribution in [0.4, 0.5) is 5.69 Å². The summed E-state index contributed by atoms with van der Waals surface area (Å²) in [5, 5.41) is 17.7. The van der Waals surface area contributed by atoms with Crippen LogP contribution < -0.4 is 21.5 Å². The van der Waals surface area contributed by atoms with Crippen LogP contribution >= 0.6 is 23.2 Å². The Hall–Kier alpha value is -5.07. The van der Waals surface area contributed by atoms with Crippen molar-refractivity contribution >= 4 is 40.7 Å². The van der Waals surface area contributed by atoms with Gasteiger partial charge in [-0.25, -0.2) is 9.67 Å². The van der Waals surface area contributed by atoms with Crippen molar-refractivity contribution in [2.45, 2.75) is 37.8 Å². The molecule has 2 bridgehead atoms. The van der Waals surface area contributed by atoms with E-state index in [0.717, 1.165) is 24.8 Å². The van der Waals surface area contributed by atoms with Crippen molar-refractivity contribution in [3.63, 3.8) is 0 Å². The first-order valence-electron chi connectivity index (χ1n) is 15.1. The van der Waals surface area contributed by atoms with E-state index in [4.69, 9.17) is 23.2 Å². The van der Waals surface area contributed by atoms with Gasteiger partial charge in [0, 0.05) is 47.8 Å². The average molecular weight is 673 g/mol. The van der Waals surface area contributed by atoms with Gasteiger partial charge in [0.1, 0.15) is 6.04 Å².